The minimum Gasteiger partial charge on any atom is -0.317 e. The van der Waals surface area contributed by atoms with Crippen molar-refractivity contribution in [2.45, 2.75) is 32.1 Å². The molecule has 1 unspecified atom stereocenters. The molecule has 16 heavy (non-hydrogen) atoms. The summed E-state index contributed by atoms with van der Waals surface area (Å²) in [4.78, 5) is 11.8. The normalized spacial score (nSPS) is 32.1. The van der Waals surface area contributed by atoms with Crippen LogP contribution < -0.4 is 10.7 Å². The van der Waals surface area contributed by atoms with Crippen molar-refractivity contribution in [3.63, 3.8) is 0 Å². The number of rotatable bonds is 2. The van der Waals surface area contributed by atoms with E-state index in [1.807, 2.05) is 0 Å². The third kappa shape index (κ3) is 1.98. The minimum absolute atomic E-state index is 0.149. The van der Waals surface area contributed by atoms with E-state index in [0.717, 1.165) is 32.4 Å². The fourth-order valence-corrected chi connectivity index (χ4v) is 2.88. The maximum Gasteiger partial charge on any atom is 0.243 e. The van der Waals surface area contributed by atoms with Gasteiger partial charge in [-0.05, 0) is 57.0 Å². The predicted molar refractivity (Wildman–Crippen MR) is 62.0 cm³/mol. The Morgan fingerprint density at radius 1 is 1.12 bits per heavy atom. The van der Waals surface area contributed by atoms with Crippen LogP contribution in [0.15, 0.2) is 5.10 Å². The van der Waals surface area contributed by atoms with Crippen LogP contribution in [0.1, 0.15) is 32.1 Å². The number of hydrogen-bond acceptors (Lipinski definition) is 3. The van der Waals surface area contributed by atoms with Gasteiger partial charge in [0.05, 0.1) is 0 Å². The molecule has 1 aliphatic carbocycles. The summed E-state index contributed by atoms with van der Waals surface area (Å²) >= 11 is 0. The zero-order valence-electron chi connectivity index (χ0n) is 9.54. The van der Waals surface area contributed by atoms with Gasteiger partial charge in [-0.15, -0.1) is 0 Å². The molecule has 2 fully saturated rings. The van der Waals surface area contributed by atoms with Crippen LogP contribution in [-0.4, -0.2) is 24.7 Å². The van der Waals surface area contributed by atoms with Gasteiger partial charge in [0.25, 0.3) is 0 Å². The van der Waals surface area contributed by atoms with Crippen molar-refractivity contribution in [1.29, 1.82) is 0 Å². The Kier molecular flexibility index (Phi) is 2.67. The predicted octanol–water partition coefficient (Wildman–Crippen LogP) is 0.888. The molecule has 3 aliphatic rings. The smallest absolute Gasteiger partial charge is 0.243 e. The van der Waals surface area contributed by atoms with Crippen molar-refractivity contribution in [2.75, 3.05) is 13.1 Å². The Balaban J connectivity index is 1.68. The standard InChI is InChI=1S/C12H19N3O/c16-12-10(8-3-5-13-6-4-8)7-11(14-15-12)9-1-2-9/h8-10,13H,1-7H2,(H,15,16). The molecule has 88 valence electrons. The molecule has 2 aliphatic heterocycles. The van der Waals surface area contributed by atoms with Crippen molar-refractivity contribution in [3.05, 3.63) is 0 Å². The molecule has 4 heteroatoms. The second kappa shape index (κ2) is 4.17. The highest BCUT2D eigenvalue weighted by molar-refractivity contribution is 5.96. The lowest BCUT2D eigenvalue weighted by Crippen LogP contribution is -2.42. The lowest BCUT2D eigenvalue weighted by atomic mass is 9.80. The van der Waals surface area contributed by atoms with E-state index in [0.29, 0.717) is 11.8 Å². The summed E-state index contributed by atoms with van der Waals surface area (Å²) in [5.41, 5.74) is 3.98. The van der Waals surface area contributed by atoms with E-state index in [-0.39, 0.29) is 11.8 Å². The van der Waals surface area contributed by atoms with Gasteiger partial charge >= 0.3 is 0 Å². The maximum absolute atomic E-state index is 11.8. The van der Waals surface area contributed by atoms with E-state index >= 15 is 0 Å². The Bertz CT molecular complexity index is 316. The van der Waals surface area contributed by atoms with Gasteiger partial charge in [-0.2, -0.15) is 5.10 Å². The molecule has 2 N–H and O–H groups in total. The van der Waals surface area contributed by atoms with Gasteiger partial charge in [-0.1, -0.05) is 0 Å². The van der Waals surface area contributed by atoms with Crippen LogP contribution >= 0.6 is 0 Å². The number of nitrogens with zero attached hydrogens (tertiary/aromatic N) is 1. The SMILES string of the molecule is O=C1NN=C(C2CC2)CC1C1CCNCC1. The molecule has 0 aromatic carbocycles. The first-order valence-corrected chi connectivity index (χ1v) is 6.41. The number of carbonyl (C=O) groups excluding carboxylic acids is 1. The third-order valence-electron chi connectivity index (χ3n) is 4.08. The molecule has 0 aromatic heterocycles. The molecule has 0 spiro atoms. The molecule has 0 bridgehead atoms. The second-order valence-corrected chi connectivity index (χ2v) is 5.25. The van der Waals surface area contributed by atoms with Crippen LogP contribution in [0.2, 0.25) is 0 Å². The molecule has 0 radical (unpaired) electrons. The quantitative estimate of drug-likeness (QED) is 0.727. The Hall–Kier alpha value is -0.900. The first-order chi connectivity index (χ1) is 7.84. The highest BCUT2D eigenvalue weighted by atomic mass is 16.2. The Morgan fingerprint density at radius 2 is 1.88 bits per heavy atom. The minimum atomic E-state index is 0.149. The van der Waals surface area contributed by atoms with Crippen molar-refractivity contribution >= 4 is 11.6 Å². The first kappa shape index (κ1) is 10.3. The molecule has 1 saturated heterocycles. The highest BCUT2D eigenvalue weighted by Gasteiger charge is 2.37. The van der Waals surface area contributed by atoms with Gasteiger partial charge in [-0.3, -0.25) is 4.79 Å². The summed E-state index contributed by atoms with van der Waals surface area (Å²) in [6.45, 7) is 2.12. The van der Waals surface area contributed by atoms with Crippen LogP contribution in [0, 0.1) is 17.8 Å². The summed E-state index contributed by atoms with van der Waals surface area (Å²) in [5.74, 6) is 1.59. The van der Waals surface area contributed by atoms with Gasteiger partial charge < -0.3 is 5.32 Å². The van der Waals surface area contributed by atoms with E-state index < -0.39 is 0 Å². The summed E-state index contributed by atoms with van der Waals surface area (Å²) in [7, 11) is 0. The van der Waals surface area contributed by atoms with E-state index in [1.165, 1.54) is 18.6 Å². The topological polar surface area (TPSA) is 53.5 Å². The molecular formula is C12H19N3O. The van der Waals surface area contributed by atoms with Crippen molar-refractivity contribution in [3.8, 4) is 0 Å². The van der Waals surface area contributed by atoms with Crippen LogP contribution in [-0.2, 0) is 4.79 Å². The van der Waals surface area contributed by atoms with Crippen LogP contribution in [0.25, 0.3) is 0 Å². The monoisotopic (exact) mass is 221 g/mol. The maximum atomic E-state index is 11.8. The molecular weight excluding hydrogens is 202 g/mol. The summed E-state index contributed by atoms with van der Waals surface area (Å²) in [6, 6.07) is 0. The lowest BCUT2D eigenvalue weighted by Gasteiger charge is -2.31. The summed E-state index contributed by atoms with van der Waals surface area (Å²) in [5, 5.41) is 7.57. The van der Waals surface area contributed by atoms with Crippen molar-refractivity contribution in [1.82, 2.24) is 10.7 Å². The van der Waals surface area contributed by atoms with E-state index in [9.17, 15) is 4.79 Å². The third-order valence-corrected chi connectivity index (χ3v) is 4.08. The highest BCUT2D eigenvalue weighted by Crippen LogP contribution is 2.36. The first-order valence-electron chi connectivity index (χ1n) is 6.41. The Labute approximate surface area is 95.9 Å². The number of amides is 1. The van der Waals surface area contributed by atoms with Crippen molar-refractivity contribution < 1.29 is 4.79 Å². The largest absolute Gasteiger partial charge is 0.317 e. The Morgan fingerprint density at radius 3 is 2.56 bits per heavy atom. The van der Waals surface area contributed by atoms with Crippen molar-refractivity contribution in [2.24, 2.45) is 22.9 Å². The average molecular weight is 221 g/mol. The summed E-state index contributed by atoms with van der Waals surface area (Å²) < 4.78 is 0. The van der Waals surface area contributed by atoms with E-state index in [1.54, 1.807) is 0 Å². The lowest BCUT2D eigenvalue weighted by molar-refractivity contribution is -0.127. The van der Waals surface area contributed by atoms with Gasteiger partial charge in [0, 0.05) is 11.6 Å². The van der Waals surface area contributed by atoms with Crippen LogP contribution in [0.5, 0.6) is 0 Å². The number of nitrogens with one attached hydrogen (secondary N) is 2. The number of hydrogen-bond donors (Lipinski definition) is 2. The van der Waals surface area contributed by atoms with E-state index in [2.05, 4.69) is 15.8 Å². The number of piperidine rings is 1. The molecule has 1 atom stereocenters. The van der Waals surface area contributed by atoms with E-state index in [4.69, 9.17) is 0 Å². The van der Waals surface area contributed by atoms with Crippen LogP contribution in [0.4, 0.5) is 0 Å². The van der Waals surface area contributed by atoms with Gasteiger partial charge in [0.2, 0.25) is 5.91 Å². The average Bonchev–Trinajstić information content (AvgIpc) is 3.15. The molecule has 1 amide bonds. The van der Waals surface area contributed by atoms with Gasteiger partial charge in [0.15, 0.2) is 0 Å². The summed E-state index contributed by atoms with van der Waals surface area (Å²) in [6.07, 6.45) is 5.73. The zero-order valence-corrected chi connectivity index (χ0v) is 9.54. The number of hydrazone groups is 1. The number of carbonyl (C=O) groups is 1. The molecule has 3 rings (SSSR count). The molecule has 1 saturated carbocycles. The fraction of sp³-hybridized carbons (Fsp3) is 0.833. The van der Waals surface area contributed by atoms with Crippen LogP contribution in [0.3, 0.4) is 0 Å². The van der Waals surface area contributed by atoms with Gasteiger partial charge in [-0.25, -0.2) is 5.43 Å². The van der Waals surface area contributed by atoms with Gasteiger partial charge in [0.1, 0.15) is 0 Å². The fourth-order valence-electron chi connectivity index (χ4n) is 2.88. The molecule has 2 heterocycles. The molecule has 0 aromatic rings. The zero-order chi connectivity index (χ0) is 11.0. The molecule has 4 nitrogen and oxygen atoms in total. The second-order valence-electron chi connectivity index (χ2n) is 5.25.